The normalized spacial score (nSPS) is 12.4. The molecule has 0 bridgehead atoms. The molecule has 0 unspecified atom stereocenters. The third kappa shape index (κ3) is 4.45. The van der Waals surface area contributed by atoms with E-state index in [1.165, 1.54) is 4.57 Å². The molecule has 0 atom stereocenters. The number of aldehydes is 1. The molecule has 2 rings (SSSR count). The topological polar surface area (TPSA) is 68.5 Å². The van der Waals surface area contributed by atoms with E-state index >= 15 is 0 Å². The Hall–Kier alpha value is -2.14. The molecule has 0 saturated heterocycles. The Morgan fingerprint density at radius 2 is 1.92 bits per heavy atom. The molecule has 2 aromatic rings. The highest BCUT2D eigenvalue weighted by Crippen LogP contribution is 2.26. The Balaban J connectivity index is 2.47. The molecule has 1 aromatic carbocycles. The van der Waals surface area contributed by atoms with Crippen molar-refractivity contribution in [3.05, 3.63) is 35.5 Å². The minimum absolute atomic E-state index is 0.478. The van der Waals surface area contributed by atoms with Gasteiger partial charge < -0.3 is 9.84 Å². The van der Waals surface area contributed by atoms with Crippen molar-refractivity contribution in [3.63, 3.8) is 0 Å². The number of rotatable bonds is 4. The number of aryl methyl sites for hydroxylation is 1. The fourth-order valence-electron chi connectivity index (χ4n) is 2.53. The molecule has 0 aliphatic rings. The predicted octanol–water partition coefficient (Wildman–Crippen LogP) is 3.94. The zero-order chi connectivity index (χ0) is 18.1. The van der Waals surface area contributed by atoms with Gasteiger partial charge in [-0.3, -0.25) is 9.36 Å². The lowest BCUT2D eigenvalue weighted by molar-refractivity contribution is 0.0543. The maximum absolute atomic E-state index is 12.4. The number of ether oxygens (including phenoxy) is 1. The molecular weight excluding hydrogens is 306 g/mol. The number of carbonyl (C=O) groups is 2. The van der Waals surface area contributed by atoms with Crippen molar-refractivity contribution in [1.29, 1.82) is 0 Å². The van der Waals surface area contributed by atoms with Gasteiger partial charge in [0.2, 0.25) is 0 Å². The second-order valence-corrected chi connectivity index (χ2v) is 7.71. The Morgan fingerprint density at radius 1 is 1.25 bits per heavy atom. The second kappa shape index (κ2) is 6.40. The minimum atomic E-state index is -0.794. The van der Waals surface area contributed by atoms with Gasteiger partial charge in [0.05, 0.1) is 11.1 Å². The Bertz CT molecular complexity index is 760. The third-order valence-electron chi connectivity index (χ3n) is 3.65. The number of aromatic nitrogens is 1. The molecule has 130 valence electrons. The quantitative estimate of drug-likeness (QED) is 0.862. The molecule has 0 saturated carbocycles. The average Bonchev–Trinajstić information content (AvgIpc) is 2.85. The van der Waals surface area contributed by atoms with Crippen molar-refractivity contribution >= 4 is 23.3 Å². The lowest BCUT2D eigenvalue weighted by Crippen LogP contribution is -2.26. The van der Waals surface area contributed by atoms with Gasteiger partial charge in [0.15, 0.2) is 0 Å². The third-order valence-corrected chi connectivity index (χ3v) is 3.65. The van der Waals surface area contributed by atoms with Crippen LogP contribution in [0.1, 0.15) is 57.0 Å². The van der Waals surface area contributed by atoms with Crippen molar-refractivity contribution in [2.45, 2.75) is 58.7 Å². The zero-order valence-electron chi connectivity index (χ0n) is 14.9. The molecule has 5 nitrogen and oxygen atoms in total. The molecule has 0 aliphatic heterocycles. The lowest BCUT2D eigenvalue weighted by atomic mass is 9.96. The minimum Gasteiger partial charge on any atom is -0.443 e. The van der Waals surface area contributed by atoms with E-state index < -0.39 is 17.3 Å². The van der Waals surface area contributed by atoms with Crippen LogP contribution in [0.25, 0.3) is 10.9 Å². The number of carbonyl (C=O) groups excluding carboxylic acids is 2. The monoisotopic (exact) mass is 331 g/mol. The van der Waals surface area contributed by atoms with Gasteiger partial charge in [0.1, 0.15) is 11.9 Å². The number of hydrogen-bond donors (Lipinski definition) is 1. The molecule has 1 heterocycles. The number of nitrogens with zero attached hydrogens (tertiary/aromatic N) is 1. The Morgan fingerprint density at radius 3 is 2.46 bits per heavy atom. The Labute approximate surface area is 142 Å². The number of fused-ring (bicyclic) bond motifs is 1. The smallest absolute Gasteiger partial charge is 0.418 e. The summed E-state index contributed by atoms with van der Waals surface area (Å²) < 4.78 is 6.83. The summed E-state index contributed by atoms with van der Waals surface area (Å²) in [4.78, 5) is 23.6. The van der Waals surface area contributed by atoms with E-state index in [0.29, 0.717) is 23.9 Å². The van der Waals surface area contributed by atoms with Crippen LogP contribution in [0.3, 0.4) is 0 Å². The van der Waals surface area contributed by atoms with E-state index in [1.54, 1.807) is 32.2 Å². The summed E-state index contributed by atoms with van der Waals surface area (Å²) in [5.41, 5.74) is 0.673. The number of benzene rings is 1. The molecule has 0 aliphatic carbocycles. The van der Waals surface area contributed by atoms with Gasteiger partial charge in [-0.1, -0.05) is 0 Å². The van der Waals surface area contributed by atoms with Crippen molar-refractivity contribution in [2.75, 3.05) is 0 Å². The summed E-state index contributed by atoms with van der Waals surface area (Å²) in [6, 6.07) is 5.33. The highest BCUT2D eigenvalue weighted by atomic mass is 16.6. The van der Waals surface area contributed by atoms with E-state index in [0.717, 1.165) is 17.2 Å². The first-order chi connectivity index (χ1) is 11.0. The zero-order valence-corrected chi connectivity index (χ0v) is 14.9. The van der Waals surface area contributed by atoms with E-state index in [1.807, 2.05) is 26.8 Å². The molecule has 1 N–H and O–H groups in total. The van der Waals surface area contributed by atoms with Crippen LogP contribution < -0.4 is 0 Å². The van der Waals surface area contributed by atoms with Gasteiger partial charge in [-0.2, -0.15) is 0 Å². The summed E-state index contributed by atoms with van der Waals surface area (Å²) in [7, 11) is 0. The van der Waals surface area contributed by atoms with Crippen LogP contribution in [-0.4, -0.2) is 33.3 Å². The first kappa shape index (κ1) is 18.2. The van der Waals surface area contributed by atoms with Gasteiger partial charge in [0.25, 0.3) is 0 Å². The number of aliphatic hydroxyl groups is 1. The van der Waals surface area contributed by atoms with E-state index in [9.17, 15) is 14.7 Å². The van der Waals surface area contributed by atoms with Crippen molar-refractivity contribution in [3.8, 4) is 0 Å². The van der Waals surface area contributed by atoms with Gasteiger partial charge in [-0.15, -0.1) is 0 Å². The molecule has 0 amide bonds. The van der Waals surface area contributed by atoms with Crippen LogP contribution in [0.2, 0.25) is 0 Å². The molecule has 0 radical (unpaired) electrons. The maximum atomic E-state index is 12.4. The highest BCUT2D eigenvalue weighted by Gasteiger charge is 2.21. The first-order valence-electron chi connectivity index (χ1n) is 8.05. The summed E-state index contributed by atoms with van der Waals surface area (Å²) in [6.07, 6.45) is 3.11. The van der Waals surface area contributed by atoms with Gasteiger partial charge in [-0.05, 0) is 71.2 Å². The summed E-state index contributed by atoms with van der Waals surface area (Å²) in [6.45, 7) is 8.92. The van der Waals surface area contributed by atoms with Gasteiger partial charge in [-0.25, -0.2) is 4.79 Å². The second-order valence-electron chi connectivity index (χ2n) is 7.71. The van der Waals surface area contributed by atoms with Crippen molar-refractivity contribution in [1.82, 2.24) is 4.57 Å². The molecular formula is C19H25NO4. The first-order valence-corrected chi connectivity index (χ1v) is 8.05. The SMILES string of the molecule is CC(C)(O)CCc1cc(C=O)cc2c1ccn2C(=O)OC(C)(C)C. The summed E-state index contributed by atoms with van der Waals surface area (Å²) >= 11 is 0. The van der Waals surface area contributed by atoms with Crippen LogP contribution in [0, 0.1) is 0 Å². The highest BCUT2D eigenvalue weighted by molar-refractivity contribution is 5.95. The van der Waals surface area contributed by atoms with E-state index in [-0.39, 0.29) is 0 Å². The fraction of sp³-hybridized carbons (Fsp3) is 0.474. The molecule has 1 aromatic heterocycles. The standard InChI is InChI=1S/C19H25NO4/c1-18(2,3)24-17(22)20-9-7-15-14(6-8-19(4,5)23)10-13(12-21)11-16(15)20/h7,9-12,23H,6,8H2,1-5H3. The van der Waals surface area contributed by atoms with Crippen LogP contribution >= 0.6 is 0 Å². The van der Waals surface area contributed by atoms with Crippen LogP contribution in [0.4, 0.5) is 4.79 Å². The van der Waals surface area contributed by atoms with Gasteiger partial charge in [0, 0.05) is 17.1 Å². The largest absolute Gasteiger partial charge is 0.443 e. The molecule has 5 heteroatoms. The van der Waals surface area contributed by atoms with E-state index in [2.05, 4.69) is 0 Å². The molecule has 0 fully saturated rings. The van der Waals surface area contributed by atoms with Crippen LogP contribution in [-0.2, 0) is 11.2 Å². The molecule has 24 heavy (non-hydrogen) atoms. The lowest BCUT2D eigenvalue weighted by Gasteiger charge is -2.20. The van der Waals surface area contributed by atoms with Crippen LogP contribution in [0.5, 0.6) is 0 Å². The van der Waals surface area contributed by atoms with Crippen molar-refractivity contribution < 1.29 is 19.4 Å². The fourth-order valence-corrected chi connectivity index (χ4v) is 2.53. The van der Waals surface area contributed by atoms with Crippen molar-refractivity contribution in [2.24, 2.45) is 0 Å². The maximum Gasteiger partial charge on any atom is 0.418 e. The predicted molar refractivity (Wildman–Crippen MR) is 93.6 cm³/mol. The summed E-state index contributed by atoms with van der Waals surface area (Å²) in [5.74, 6) is 0. The number of hydrogen-bond acceptors (Lipinski definition) is 4. The van der Waals surface area contributed by atoms with Crippen LogP contribution in [0.15, 0.2) is 24.4 Å². The van der Waals surface area contributed by atoms with E-state index in [4.69, 9.17) is 4.74 Å². The summed E-state index contributed by atoms with van der Waals surface area (Å²) in [5, 5.41) is 10.8. The Kier molecular flexibility index (Phi) is 4.85. The molecule has 0 spiro atoms. The average molecular weight is 331 g/mol. The van der Waals surface area contributed by atoms with Gasteiger partial charge >= 0.3 is 6.09 Å².